The number of halogens is 1. The number of nitrogens with one attached hydrogen (secondary N) is 1. The fourth-order valence-corrected chi connectivity index (χ4v) is 1.29. The van der Waals surface area contributed by atoms with Gasteiger partial charge in [0, 0.05) is 11.9 Å². The van der Waals surface area contributed by atoms with E-state index in [0.717, 1.165) is 6.42 Å². The first-order valence-electron chi connectivity index (χ1n) is 5.22. The number of carbonyl (C=O) groups is 1. The fourth-order valence-electron chi connectivity index (χ4n) is 1.16. The number of carbonyl (C=O) groups excluding carboxylic acids is 1. The van der Waals surface area contributed by atoms with E-state index in [1.165, 1.54) is 0 Å². The van der Waals surface area contributed by atoms with Crippen LogP contribution >= 0.6 is 11.6 Å². The van der Waals surface area contributed by atoms with Crippen LogP contribution in [0.4, 0.5) is 0 Å². The largest absolute Gasteiger partial charge is 0.353 e. The third kappa shape index (κ3) is 3.87. The zero-order chi connectivity index (χ0) is 11.4. The highest BCUT2D eigenvalue weighted by Crippen LogP contribution is 2.18. The molecular formula is C11H22ClNO. The van der Waals surface area contributed by atoms with E-state index in [4.69, 9.17) is 11.6 Å². The predicted octanol–water partition coefficient (Wildman–Crippen LogP) is 2.80. The molecule has 0 aromatic rings. The second kappa shape index (κ2) is 5.59. The number of amides is 1. The standard InChI is InChI=1S/C11H22ClNO/c1-6-9(8(2)3)13-10(14)11(4,5)7-12/h8-9H,6-7H2,1-5H3,(H,13,14). The molecule has 0 spiro atoms. The first-order chi connectivity index (χ1) is 6.35. The van der Waals surface area contributed by atoms with Crippen molar-refractivity contribution in [2.24, 2.45) is 11.3 Å². The molecule has 0 aliphatic carbocycles. The van der Waals surface area contributed by atoms with Gasteiger partial charge in [0.2, 0.25) is 5.91 Å². The molecule has 0 heterocycles. The minimum Gasteiger partial charge on any atom is -0.353 e. The predicted molar refractivity (Wildman–Crippen MR) is 61.6 cm³/mol. The van der Waals surface area contributed by atoms with Crippen molar-refractivity contribution in [3.63, 3.8) is 0 Å². The third-order valence-corrected chi connectivity index (χ3v) is 3.18. The Morgan fingerprint density at radius 3 is 2.21 bits per heavy atom. The molecule has 0 aromatic carbocycles. The molecule has 0 aliphatic rings. The van der Waals surface area contributed by atoms with Crippen LogP contribution in [0.1, 0.15) is 41.0 Å². The van der Waals surface area contributed by atoms with E-state index >= 15 is 0 Å². The second-order valence-electron chi connectivity index (χ2n) is 4.75. The van der Waals surface area contributed by atoms with Crippen molar-refractivity contribution in [1.82, 2.24) is 5.32 Å². The average molecular weight is 220 g/mol. The lowest BCUT2D eigenvalue weighted by molar-refractivity contribution is -0.129. The molecule has 84 valence electrons. The molecule has 0 radical (unpaired) electrons. The van der Waals surface area contributed by atoms with Crippen LogP contribution in [0.5, 0.6) is 0 Å². The molecule has 1 N–H and O–H groups in total. The molecule has 0 saturated carbocycles. The number of alkyl halides is 1. The monoisotopic (exact) mass is 219 g/mol. The average Bonchev–Trinajstić information content (AvgIpc) is 2.12. The molecule has 0 aliphatic heterocycles. The zero-order valence-electron chi connectivity index (χ0n) is 9.86. The lowest BCUT2D eigenvalue weighted by Gasteiger charge is -2.27. The van der Waals surface area contributed by atoms with Gasteiger partial charge in [-0.2, -0.15) is 0 Å². The second-order valence-corrected chi connectivity index (χ2v) is 5.02. The Morgan fingerprint density at radius 2 is 1.93 bits per heavy atom. The van der Waals surface area contributed by atoms with Gasteiger partial charge in [0.1, 0.15) is 0 Å². The summed E-state index contributed by atoms with van der Waals surface area (Å²) in [5.41, 5.74) is -0.468. The topological polar surface area (TPSA) is 29.1 Å². The van der Waals surface area contributed by atoms with Crippen LogP contribution in [-0.2, 0) is 4.79 Å². The Morgan fingerprint density at radius 1 is 1.43 bits per heavy atom. The van der Waals surface area contributed by atoms with Gasteiger partial charge in [-0.3, -0.25) is 4.79 Å². The lowest BCUT2D eigenvalue weighted by atomic mass is 9.93. The minimum atomic E-state index is -0.468. The quantitative estimate of drug-likeness (QED) is 0.708. The van der Waals surface area contributed by atoms with E-state index in [2.05, 4.69) is 26.1 Å². The van der Waals surface area contributed by atoms with E-state index in [9.17, 15) is 4.79 Å². The Bertz CT molecular complexity index is 190. The maximum absolute atomic E-state index is 11.8. The van der Waals surface area contributed by atoms with Crippen molar-refractivity contribution in [3.8, 4) is 0 Å². The van der Waals surface area contributed by atoms with E-state index < -0.39 is 5.41 Å². The first kappa shape index (κ1) is 13.8. The molecule has 0 aromatic heterocycles. The zero-order valence-corrected chi connectivity index (χ0v) is 10.6. The van der Waals surface area contributed by atoms with Gasteiger partial charge in [-0.25, -0.2) is 0 Å². The summed E-state index contributed by atoms with van der Waals surface area (Å²) in [6, 6.07) is 0.255. The van der Waals surface area contributed by atoms with Crippen LogP contribution in [0.2, 0.25) is 0 Å². The molecule has 0 rings (SSSR count). The molecular weight excluding hydrogens is 198 g/mol. The molecule has 0 saturated heterocycles. The summed E-state index contributed by atoms with van der Waals surface area (Å²) < 4.78 is 0. The Hall–Kier alpha value is -0.240. The summed E-state index contributed by atoms with van der Waals surface area (Å²) in [5, 5.41) is 3.03. The highest BCUT2D eigenvalue weighted by atomic mass is 35.5. The molecule has 0 bridgehead atoms. The number of rotatable bonds is 5. The van der Waals surface area contributed by atoms with Crippen molar-refractivity contribution in [1.29, 1.82) is 0 Å². The third-order valence-electron chi connectivity index (χ3n) is 2.51. The summed E-state index contributed by atoms with van der Waals surface area (Å²) in [6.07, 6.45) is 0.960. The summed E-state index contributed by atoms with van der Waals surface area (Å²) in [4.78, 5) is 11.8. The smallest absolute Gasteiger partial charge is 0.227 e. The Kier molecular flexibility index (Phi) is 5.50. The van der Waals surface area contributed by atoms with Crippen LogP contribution < -0.4 is 5.32 Å². The fraction of sp³-hybridized carbons (Fsp3) is 0.909. The molecule has 3 heteroatoms. The van der Waals surface area contributed by atoms with Crippen LogP contribution in [0, 0.1) is 11.3 Å². The van der Waals surface area contributed by atoms with Gasteiger partial charge in [0.15, 0.2) is 0 Å². The van der Waals surface area contributed by atoms with Crippen LogP contribution in [0.3, 0.4) is 0 Å². The number of hydrogen-bond acceptors (Lipinski definition) is 1. The van der Waals surface area contributed by atoms with Crippen molar-refractivity contribution in [2.45, 2.75) is 47.1 Å². The van der Waals surface area contributed by atoms with Crippen molar-refractivity contribution in [2.75, 3.05) is 5.88 Å². The highest BCUT2D eigenvalue weighted by Gasteiger charge is 2.28. The minimum absolute atomic E-state index is 0.0491. The Labute approximate surface area is 92.4 Å². The van der Waals surface area contributed by atoms with Crippen molar-refractivity contribution >= 4 is 17.5 Å². The molecule has 1 amide bonds. The number of hydrogen-bond donors (Lipinski definition) is 1. The van der Waals surface area contributed by atoms with E-state index in [0.29, 0.717) is 11.8 Å². The SMILES string of the molecule is CCC(NC(=O)C(C)(C)CCl)C(C)C. The van der Waals surface area contributed by atoms with Crippen LogP contribution in [0.25, 0.3) is 0 Å². The molecule has 2 nitrogen and oxygen atoms in total. The van der Waals surface area contributed by atoms with Gasteiger partial charge in [0.05, 0.1) is 5.41 Å². The van der Waals surface area contributed by atoms with Crippen molar-refractivity contribution in [3.05, 3.63) is 0 Å². The summed E-state index contributed by atoms with van der Waals surface area (Å²) in [5.74, 6) is 0.871. The Balaban J connectivity index is 4.30. The highest BCUT2D eigenvalue weighted by molar-refractivity contribution is 6.19. The summed E-state index contributed by atoms with van der Waals surface area (Å²) >= 11 is 5.73. The van der Waals surface area contributed by atoms with E-state index in [1.807, 2.05) is 13.8 Å². The lowest BCUT2D eigenvalue weighted by Crippen LogP contribution is -2.45. The molecule has 0 fully saturated rings. The maximum atomic E-state index is 11.8. The molecule has 1 atom stereocenters. The van der Waals surface area contributed by atoms with E-state index in [-0.39, 0.29) is 11.9 Å². The first-order valence-corrected chi connectivity index (χ1v) is 5.75. The maximum Gasteiger partial charge on any atom is 0.227 e. The van der Waals surface area contributed by atoms with Gasteiger partial charge < -0.3 is 5.32 Å². The van der Waals surface area contributed by atoms with Crippen LogP contribution in [-0.4, -0.2) is 17.8 Å². The van der Waals surface area contributed by atoms with E-state index in [1.54, 1.807) is 0 Å². The van der Waals surface area contributed by atoms with Gasteiger partial charge in [-0.1, -0.05) is 20.8 Å². The summed E-state index contributed by atoms with van der Waals surface area (Å²) in [6.45, 7) is 10.0. The van der Waals surface area contributed by atoms with Gasteiger partial charge >= 0.3 is 0 Å². The van der Waals surface area contributed by atoms with Gasteiger partial charge in [-0.05, 0) is 26.2 Å². The molecule has 1 unspecified atom stereocenters. The van der Waals surface area contributed by atoms with Crippen LogP contribution in [0.15, 0.2) is 0 Å². The summed E-state index contributed by atoms with van der Waals surface area (Å²) in [7, 11) is 0. The van der Waals surface area contributed by atoms with Gasteiger partial charge in [-0.15, -0.1) is 11.6 Å². The van der Waals surface area contributed by atoms with Crippen molar-refractivity contribution < 1.29 is 4.79 Å². The molecule has 14 heavy (non-hydrogen) atoms. The van der Waals surface area contributed by atoms with Gasteiger partial charge in [0.25, 0.3) is 0 Å². The normalized spacial score (nSPS) is 14.2.